The fourth-order valence-electron chi connectivity index (χ4n) is 2.69. The summed E-state index contributed by atoms with van der Waals surface area (Å²) in [5, 5.41) is 2.78. The normalized spacial score (nSPS) is 13.6. The molecule has 3 rings (SSSR count). The van der Waals surface area contributed by atoms with Gasteiger partial charge in [0.25, 0.3) is 0 Å². The van der Waals surface area contributed by atoms with Gasteiger partial charge in [-0.15, -0.1) is 0 Å². The minimum absolute atomic E-state index is 0.0104. The van der Waals surface area contributed by atoms with E-state index in [2.05, 4.69) is 10.0 Å². The second-order valence-electron chi connectivity index (χ2n) is 6.57. The molecule has 1 aliphatic heterocycles. The maximum Gasteiger partial charge on any atom is 0.240 e. The van der Waals surface area contributed by atoms with Crippen molar-refractivity contribution >= 4 is 15.9 Å². The van der Waals surface area contributed by atoms with Crippen molar-refractivity contribution in [3.8, 4) is 11.5 Å². The van der Waals surface area contributed by atoms with Crippen molar-refractivity contribution in [2.75, 3.05) is 19.8 Å². The van der Waals surface area contributed by atoms with Gasteiger partial charge in [0, 0.05) is 32.0 Å². The zero-order valence-corrected chi connectivity index (χ0v) is 16.6. The van der Waals surface area contributed by atoms with E-state index in [1.54, 1.807) is 6.07 Å². The van der Waals surface area contributed by atoms with Crippen LogP contribution in [0.2, 0.25) is 0 Å². The Hall–Kier alpha value is -2.58. The summed E-state index contributed by atoms with van der Waals surface area (Å²) in [5.74, 6) is 0.727. The van der Waals surface area contributed by atoms with Crippen molar-refractivity contribution in [3.63, 3.8) is 0 Å². The fourth-order valence-corrected chi connectivity index (χ4v) is 3.73. The zero-order valence-electron chi connectivity index (χ0n) is 15.7. The number of amides is 1. The number of benzene rings is 2. The minimum Gasteiger partial charge on any atom is -0.490 e. The third kappa shape index (κ3) is 5.46. The molecule has 150 valence electrons. The van der Waals surface area contributed by atoms with E-state index in [4.69, 9.17) is 9.47 Å². The molecule has 1 amide bonds. The lowest BCUT2D eigenvalue weighted by atomic mass is 10.1. The van der Waals surface area contributed by atoms with Crippen LogP contribution in [0.15, 0.2) is 47.4 Å². The van der Waals surface area contributed by atoms with Gasteiger partial charge in [-0.2, -0.15) is 0 Å². The van der Waals surface area contributed by atoms with Gasteiger partial charge in [-0.1, -0.05) is 29.8 Å². The summed E-state index contributed by atoms with van der Waals surface area (Å²) in [6.07, 6.45) is 0.794. The molecule has 1 aliphatic rings. The van der Waals surface area contributed by atoms with Crippen molar-refractivity contribution in [1.82, 2.24) is 10.0 Å². The molecule has 8 heteroatoms. The van der Waals surface area contributed by atoms with Crippen molar-refractivity contribution in [2.24, 2.45) is 0 Å². The van der Waals surface area contributed by atoms with Crippen LogP contribution in [0.25, 0.3) is 0 Å². The average molecular weight is 404 g/mol. The van der Waals surface area contributed by atoms with E-state index in [1.165, 1.54) is 12.1 Å². The molecule has 1 heterocycles. The van der Waals surface area contributed by atoms with Crippen molar-refractivity contribution in [1.29, 1.82) is 0 Å². The van der Waals surface area contributed by atoms with Crippen LogP contribution < -0.4 is 19.5 Å². The first-order valence-electron chi connectivity index (χ1n) is 9.15. The number of hydrogen-bond acceptors (Lipinski definition) is 5. The Bertz CT molecular complexity index is 926. The van der Waals surface area contributed by atoms with E-state index in [9.17, 15) is 13.2 Å². The van der Waals surface area contributed by atoms with Crippen LogP contribution in [0, 0.1) is 6.92 Å². The molecule has 2 N–H and O–H groups in total. The lowest BCUT2D eigenvalue weighted by Gasteiger charge is -2.11. The van der Waals surface area contributed by atoms with Crippen molar-refractivity contribution in [2.45, 2.75) is 31.2 Å². The molecular weight excluding hydrogens is 380 g/mol. The standard InChI is InChI=1S/C20H24N2O5S/c1-15-3-5-16(6-4-15)14-21-20(23)9-10-22-28(24,25)17-7-8-18-19(13-17)27-12-2-11-26-18/h3-8,13,22H,2,9-12,14H2,1H3,(H,21,23). The van der Waals surface area contributed by atoms with E-state index >= 15 is 0 Å². The molecule has 0 fully saturated rings. The number of sulfonamides is 1. The van der Waals surface area contributed by atoms with Gasteiger partial charge in [0.15, 0.2) is 11.5 Å². The van der Waals surface area contributed by atoms with E-state index in [0.717, 1.165) is 17.5 Å². The van der Waals surface area contributed by atoms with Gasteiger partial charge in [0.1, 0.15) is 0 Å². The first-order chi connectivity index (χ1) is 13.4. The highest BCUT2D eigenvalue weighted by Crippen LogP contribution is 2.31. The van der Waals surface area contributed by atoms with Gasteiger partial charge in [0.05, 0.1) is 18.1 Å². The highest BCUT2D eigenvalue weighted by molar-refractivity contribution is 7.89. The van der Waals surface area contributed by atoms with Gasteiger partial charge in [-0.05, 0) is 24.6 Å². The minimum atomic E-state index is -3.74. The van der Waals surface area contributed by atoms with Crippen LogP contribution in [0.5, 0.6) is 11.5 Å². The summed E-state index contributed by atoms with van der Waals surface area (Å²) in [6, 6.07) is 12.3. The zero-order chi connectivity index (χ0) is 20.0. The summed E-state index contributed by atoms with van der Waals surface area (Å²) in [4.78, 5) is 12.0. The number of aryl methyl sites for hydroxylation is 1. The first-order valence-corrected chi connectivity index (χ1v) is 10.6. The fraction of sp³-hybridized carbons (Fsp3) is 0.350. The Kier molecular flexibility index (Phi) is 6.53. The number of carbonyl (C=O) groups excluding carboxylic acids is 1. The van der Waals surface area contributed by atoms with Gasteiger partial charge in [-0.25, -0.2) is 13.1 Å². The van der Waals surface area contributed by atoms with Gasteiger partial charge in [-0.3, -0.25) is 4.79 Å². The van der Waals surface area contributed by atoms with Gasteiger partial charge in [0.2, 0.25) is 15.9 Å². The Morgan fingerprint density at radius 3 is 2.50 bits per heavy atom. The molecule has 0 atom stereocenters. The number of ether oxygens (including phenoxy) is 2. The predicted octanol–water partition coefficient (Wildman–Crippen LogP) is 2.14. The van der Waals surface area contributed by atoms with Crippen LogP contribution in [0.1, 0.15) is 24.0 Å². The van der Waals surface area contributed by atoms with Gasteiger partial charge >= 0.3 is 0 Å². The number of rotatable bonds is 7. The van der Waals surface area contributed by atoms with E-state index in [0.29, 0.717) is 31.3 Å². The molecule has 0 aromatic heterocycles. The molecule has 7 nitrogen and oxygen atoms in total. The Labute approximate surface area is 165 Å². The summed E-state index contributed by atoms with van der Waals surface area (Å²) >= 11 is 0. The maximum absolute atomic E-state index is 12.5. The molecule has 0 aliphatic carbocycles. The van der Waals surface area contributed by atoms with Crippen molar-refractivity contribution in [3.05, 3.63) is 53.6 Å². The van der Waals surface area contributed by atoms with Crippen molar-refractivity contribution < 1.29 is 22.7 Å². The molecule has 0 radical (unpaired) electrons. The smallest absolute Gasteiger partial charge is 0.240 e. The third-order valence-electron chi connectivity index (χ3n) is 4.28. The Balaban J connectivity index is 1.50. The number of fused-ring (bicyclic) bond motifs is 1. The summed E-state index contributed by atoms with van der Waals surface area (Å²) in [5.41, 5.74) is 2.14. The van der Waals surface area contributed by atoms with Crippen LogP contribution >= 0.6 is 0 Å². The van der Waals surface area contributed by atoms with E-state index in [1.807, 2.05) is 31.2 Å². The number of hydrogen-bond donors (Lipinski definition) is 2. The molecule has 28 heavy (non-hydrogen) atoms. The highest BCUT2D eigenvalue weighted by Gasteiger charge is 2.18. The quantitative estimate of drug-likeness (QED) is 0.737. The van der Waals surface area contributed by atoms with Crippen LogP contribution in [0.4, 0.5) is 0 Å². The molecule has 0 saturated carbocycles. The summed E-state index contributed by atoms with van der Waals surface area (Å²) in [7, 11) is -3.74. The van der Waals surface area contributed by atoms with Crippen LogP contribution in [0.3, 0.4) is 0 Å². The lowest BCUT2D eigenvalue weighted by molar-refractivity contribution is -0.121. The van der Waals surface area contributed by atoms with Gasteiger partial charge < -0.3 is 14.8 Å². The summed E-state index contributed by atoms with van der Waals surface area (Å²) < 4.78 is 38.4. The molecule has 0 saturated heterocycles. The van der Waals surface area contributed by atoms with E-state index in [-0.39, 0.29) is 23.8 Å². The Morgan fingerprint density at radius 2 is 1.75 bits per heavy atom. The topological polar surface area (TPSA) is 93.7 Å². The third-order valence-corrected chi connectivity index (χ3v) is 5.74. The Morgan fingerprint density at radius 1 is 1.04 bits per heavy atom. The second kappa shape index (κ2) is 9.07. The monoisotopic (exact) mass is 404 g/mol. The maximum atomic E-state index is 12.5. The largest absolute Gasteiger partial charge is 0.490 e. The van der Waals surface area contributed by atoms with E-state index < -0.39 is 10.0 Å². The second-order valence-corrected chi connectivity index (χ2v) is 8.34. The molecule has 2 aromatic carbocycles. The molecule has 0 spiro atoms. The van der Waals surface area contributed by atoms with Crippen LogP contribution in [-0.4, -0.2) is 34.1 Å². The average Bonchev–Trinajstić information content (AvgIpc) is 2.92. The molecule has 2 aromatic rings. The number of nitrogens with one attached hydrogen (secondary N) is 2. The SMILES string of the molecule is Cc1ccc(CNC(=O)CCNS(=O)(=O)c2ccc3c(c2)OCCCO3)cc1. The summed E-state index contributed by atoms with van der Waals surface area (Å²) in [6.45, 7) is 3.43. The molecule has 0 bridgehead atoms. The molecule has 0 unspecified atom stereocenters. The first kappa shape index (κ1) is 20.2. The lowest BCUT2D eigenvalue weighted by Crippen LogP contribution is -2.30. The predicted molar refractivity (Wildman–Crippen MR) is 105 cm³/mol. The number of carbonyl (C=O) groups is 1. The highest BCUT2D eigenvalue weighted by atomic mass is 32.2. The molecular formula is C20H24N2O5S. The van der Waals surface area contributed by atoms with Crippen LogP contribution in [-0.2, 0) is 21.4 Å².